The molecule has 280 valence electrons. The van der Waals surface area contributed by atoms with E-state index in [0.29, 0.717) is 52.5 Å². The lowest BCUT2D eigenvalue weighted by atomic mass is 9.87. The first-order valence-electron chi connectivity index (χ1n) is 18.9. The van der Waals surface area contributed by atoms with E-state index in [4.69, 9.17) is 23.7 Å². The van der Waals surface area contributed by atoms with Crippen LogP contribution >= 0.6 is 0 Å². The molecule has 53 heavy (non-hydrogen) atoms. The maximum atomic E-state index is 13.2. The van der Waals surface area contributed by atoms with E-state index in [1.807, 2.05) is 65.6 Å². The van der Waals surface area contributed by atoms with Crippen molar-refractivity contribution >= 4 is 17.7 Å². The van der Waals surface area contributed by atoms with Gasteiger partial charge in [-0.05, 0) is 72.2 Å². The van der Waals surface area contributed by atoms with Crippen molar-refractivity contribution in [2.45, 2.75) is 70.4 Å². The van der Waals surface area contributed by atoms with Crippen molar-refractivity contribution < 1.29 is 33.3 Å². The fraction of sp³-hybridized carbons (Fsp3) is 0.409. The summed E-state index contributed by atoms with van der Waals surface area (Å²) < 4.78 is 29.7. The van der Waals surface area contributed by atoms with Gasteiger partial charge in [0, 0.05) is 51.3 Å². The molecule has 2 heterocycles. The lowest BCUT2D eigenvalue weighted by Crippen LogP contribution is -2.47. The average molecular weight is 721 g/mol. The molecule has 0 bridgehead atoms. The maximum absolute atomic E-state index is 13.2. The number of likely N-dealkylation sites (tertiary alicyclic amines) is 1. The molecule has 3 atom stereocenters. The van der Waals surface area contributed by atoms with Crippen molar-refractivity contribution in [3.05, 3.63) is 131 Å². The highest BCUT2D eigenvalue weighted by atomic mass is 16.6. The Hall–Kier alpha value is -4.70. The average Bonchev–Trinajstić information content (AvgIpc) is 3.20. The number of amides is 2. The number of hydrogen-bond acceptors (Lipinski definition) is 7. The second-order valence-corrected chi connectivity index (χ2v) is 13.8. The van der Waals surface area contributed by atoms with Crippen molar-refractivity contribution in [2.75, 3.05) is 51.5 Å². The first-order valence-corrected chi connectivity index (χ1v) is 18.9. The third kappa shape index (κ3) is 10.7. The number of aryl methyl sites for hydroxylation is 1. The maximum Gasteiger partial charge on any atom is 0.410 e. The molecule has 9 nitrogen and oxygen atoms in total. The standard InChI is InChI=1S/C44H52N2O7/c1-33(36-13-7-4-8-14-36)50-27-10-28-51-39-20-17-37(18-21-39)40-23-25-45(44(48)53-31-34-11-5-3-6-12-34)30-42(40)52-32-35-15-16-38-19-22-43(47)46(41(38)29-35)24-9-26-49-2/h3-8,11-18,20-21,29,33,40,42H,9-10,19,22-28,30-32H2,1-2H3. The fourth-order valence-electron chi connectivity index (χ4n) is 7.07. The number of ether oxygens (including phenoxy) is 5. The zero-order valence-electron chi connectivity index (χ0n) is 31.0. The van der Waals surface area contributed by atoms with Crippen LogP contribution in [0, 0.1) is 0 Å². The number of rotatable bonds is 17. The molecule has 4 aromatic rings. The summed E-state index contributed by atoms with van der Waals surface area (Å²) in [4.78, 5) is 29.8. The van der Waals surface area contributed by atoms with Crippen molar-refractivity contribution in [3.8, 4) is 5.75 Å². The minimum absolute atomic E-state index is 0.0417. The van der Waals surface area contributed by atoms with Crippen LogP contribution < -0.4 is 9.64 Å². The van der Waals surface area contributed by atoms with Gasteiger partial charge in [0.25, 0.3) is 0 Å². The summed E-state index contributed by atoms with van der Waals surface area (Å²) in [5.74, 6) is 1.02. The number of piperidine rings is 1. The molecule has 0 aliphatic carbocycles. The molecule has 1 saturated heterocycles. The van der Waals surface area contributed by atoms with Crippen LogP contribution in [0.4, 0.5) is 10.5 Å². The quantitative estimate of drug-likeness (QED) is 0.102. The molecule has 0 N–H and O–H groups in total. The summed E-state index contributed by atoms with van der Waals surface area (Å²) in [6, 6.07) is 34.5. The van der Waals surface area contributed by atoms with E-state index in [9.17, 15) is 9.59 Å². The summed E-state index contributed by atoms with van der Waals surface area (Å²) in [7, 11) is 1.68. The van der Waals surface area contributed by atoms with Gasteiger partial charge in [-0.15, -0.1) is 0 Å². The molecule has 2 aliphatic heterocycles. The lowest BCUT2D eigenvalue weighted by Gasteiger charge is -2.38. The van der Waals surface area contributed by atoms with Gasteiger partial charge in [-0.1, -0.05) is 84.9 Å². The summed E-state index contributed by atoms with van der Waals surface area (Å²) in [5.41, 5.74) is 6.37. The van der Waals surface area contributed by atoms with Crippen molar-refractivity contribution in [2.24, 2.45) is 0 Å². The Balaban J connectivity index is 1.08. The SMILES string of the molecule is COCCCN1C(=O)CCc2ccc(COC3CN(C(=O)OCc4ccccc4)CCC3c3ccc(OCCCOC(C)c4ccccc4)cc3)cc21. The largest absolute Gasteiger partial charge is 0.494 e. The van der Waals surface area contributed by atoms with Crippen LogP contribution in [-0.4, -0.2) is 69.6 Å². The third-order valence-corrected chi connectivity index (χ3v) is 10.1. The van der Waals surface area contributed by atoms with Crippen LogP contribution in [0.3, 0.4) is 0 Å². The number of methoxy groups -OCH3 is 1. The molecule has 9 heteroatoms. The van der Waals surface area contributed by atoms with Crippen LogP contribution in [0.2, 0.25) is 0 Å². The van der Waals surface area contributed by atoms with Gasteiger partial charge in [0.05, 0.1) is 38.6 Å². The number of fused-ring (bicyclic) bond motifs is 1. The van der Waals surface area contributed by atoms with Crippen molar-refractivity contribution in [1.82, 2.24) is 4.90 Å². The van der Waals surface area contributed by atoms with Crippen LogP contribution in [-0.2, 0) is 43.4 Å². The third-order valence-electron chi connectivity index (χ3n) is 10.1. The van der Waals surface area contributed by atoms with Gasteiger partial charge in [0.15, 0.2) is 0 Å². The highest BCUT2D eigenvalue weighted by molar-refractivity contribution is 5.96. The number of benzene rings is 4. The fourth-order valence-corrected chi connectivity index (χ4v) is 7.07. The molecular weight excluding hydrogens is 668 g/mol. The number of hydrogen-bond donors (Lipinski definition) is 0. The minimum Gasteiger partial charge on any atom is -0.494 e. The van der Waals surface area contributed by atoms with Crippen molar-refractivity contribution in [1.29, 1.82) is 0 Å². The highest BCUT2D eigenvalue weighted by Gasteiger charge is 2.34. The Labute approximate surface area is 313 Å². The second kappa shape index (κ2) is 19.4. The van der Waals surface area contributed by atoms with Crippen LogP contribution in [0.25, 0.3) is 0 Å². The van der Waals surface area contributed by atoms with Gasteiger partial charge >= 0.3 is 6.09 Å². The van der Waals surface area contributed by atoms with E-state index in [-0.39, 0.29) is 36.7 Å². The zero-order chi connectivity index (χ0) is 36.8. The molecule has 0 aromatic heterocycles. The van der Waals surface area contributed by atoms with E-state index in [0.717, 1.165) is 53.8 Å². The van der Waals surface area contributed by atoms with Gasteiger partial charge in [-0.2, -0.15) is 0 Å². The molecule has 4 aromatic carbocycles. The predicted octanol–water partition coefficient (Wildman–Crippen LogP) is 8.26. The molecule has 0 spiro atoms. The van der Waals surface area contributed by atoms with Gasteiger partial charge in [0.2, 0.25) is 5.91 Å². The van der Waals surface area contributed by atoms with E-state index >= 15 is 0 Å². The van der Waals surface area contributed by atoms with Crippen molar-refractivity contribution in [3.63, 3.8) is 0 Å². The molecule has 2 aliphatic rings. The van der Waals surface area contributed by atoms with E-state index in [1.165, 1.54) is 11.1 Å². The van der Waals surface area contributed by atoms with E-state index in [2.05, 4.69) is 49.4 Å². The summed E-state index contributed by atoms with van der Waals surface area (Å²) >= 11 is 0. The van der Waals surface area contributed by atoms with E-state index < -0.39 is 0 Å². The Bertz CT molecular complexity index is 1730. The predicted molar refractivity (Wildman–Crippen MR) is 205 cm³/mol. The monoisotopic (exact) mass is 720 g/mol. The van der Waals surface area contributed by atoms with Gasteiger partial charge < -0.3 is 33.5 Å². The topological polar surface area (TPSA) is 86.8 Å². The first kappa shape index (κ1) is 38.0. The lowest BCUT2D eigenvalue weighted by molar-refractivity contribution is -0.118. The Morgan fingerprint density at radius 1 is 0.830 bits per heavy atom. The molecule has 1 fully saturated rings. The minimum atomic E-state index is -0.342. The molecule has 3 unspecified atom stereocenters. The van der Waals surface area contributed by atoms with Crippen LogP contribution in [0.5, 0.6) is 5.75 Å². The molecule has 0 radical (unpaired) electrons. The Morgan fingerprint density at radius 2 is 1.60 bits per heavy atom. The molecular formula is C44H52N2O7. The number of carbonyl (C=O) groups is 2. The zero-order valence-corrected chi connectivity index (χ0v) is 31.0. The highest BCUT2D eigenvalue weighted by Crippen LogP contribution is 2.34. The molecule has 2 amide bonds. The molecule has 6 rings (SSSR count). The van der Waals surface area contributed by atoms with E-state index in [1.54, 1.807) is 12.0 Å². The van der Waals surface area contributed by atoms with Crippen LogP contribution in [0.15, 0.2) is 103 Å². The Morgan fingerprint density at radius 3 is 2.38 bits per heavy atom. The number of nitrogens with zero attached hydrogens (tertiary/aromatic N) is 2. The normalized spacial score (nSPS) is 17.7. The van der Waals surface area contributed by atoms with Crippen LogP contribution in [0.1, 0.15) is 72.4 Å². The first-order chi connectivity index (χ1) is 26.0. The van der Waals surface area contributed by atoms with Gasteiger partial charge in [-0.25, -0.2) is 4.79 Å². The molecule has 0 saturated carbocycles. The summed E-state index contributed by atoms with van der Waals surface area (Å²) in [6.07, 6.45) is 2.98. The van der Waals surface area contributed by atoms with Gasteiger partial charge in [0.1, 0.15) is 12.4 Å². The summed E-state index contributed by atoms with van der Waals surface area (Å²) in [6.45, 7) is 6.02. The second-order valence-electron chi connectivity index (χ2n) is 13.8. The van der Waals surface area contributed by atoms with Gasteiger partial charge in [-0.3, -0.25) is 4.79 Å². The Kier molecular flexibility index (Phi) is 13.9. The smallest absolute Gasteiger partial charge is 0.410 e. The number of anilines is 1. The summed E-state index contributed by atoms with van der Waals surface area (Å²) in [5, 5.41) is 0. The number of carbonyl (C=O) groups excluding carboxylic acids is 2.